The molecule has 0 amide bonds. The van der Waals surface area contributed by atoms with Crippen LogP contribution in [0.4, 0.5) is 0 Å². The molecule has 0 radical (unpaired) electrons. The maximum absolute atomic E-state index is 6.15. The normalized spacial score (nSPS) is 12.4. The molecule has 0 bridgehead atoms. The van der Waals surface area contributed by atoms with Gasteiger partial charge in [0.2, 0.25) is 0 Å². The molecule has 0 saturated carbocycles. The molecule has 0 saturated heterocycles. The highest BCUT2D eigenvalue weighted by Gasteiger charge is 2.12. The highest BCUT2D eigenvalue weighted by Crippen LogP contribution is 2.24. The Morgan fingerprint density at radius 3 is 2.94 bits per heavy atom. The van der Waals surface area contributed by atoms with Crippen LogP contribution < -0.4 is 10.5 Å². The lowest BCUT2D eigenvalue weighted by Gasteiger charge is -2.16. The number of nitrogens with two attached hydrogens (primary N) is 1. The molecular weight excluding hydrogens is 216 g/mol. The molecule has 2 rings (SSSR count). The van der Waals surface area contributed by atoms with Gasteiger partial charge in [-0.05, 0) is 13.0 Å². The third-order valence-electron chi connectivity index (χ3n) is 2.47. The van der Waals surface area contributed by atoms with Gasteiger partial charge in [0.25, 0.3) is 0 Å². The van der Waals surface area contributed by atoms with E-state index in [4.69, 9.17) is 10.5 Å². The fourth-order valence-electron chi connectivity index (χ4n) is 1.70. The van der Waals surface area contributed by atoms with Crippen molar-refractivity contribution in [1.82, 2.24) is 14.8 Å². The summed E-state index contributed by atoms with van der Waals surface area (Å²) in [7, 11) is 0. The summed E-state index contributed by atoms with van der Waals surface area (Å²) in [6, 6.07) is 7.65. The number of rotatable bonds is 5. The van der Waals surface area contributed by atoms with Crippen molar-refractivity contribution < 1.29 is 4.74 Å². The molecule has 90 valence electrons. The van der Waals surface area contributed by atoms with Gasteiger partial charge in [0.05, 0.1) is 19.2 Å². The number of nitrogens with zero attached hydrogens (tertiary/aromatic N) is 3. The zero-order valence-electron chi connectivity index (χ0n) is 9.78. The third kappa shape index (κ3) is 2.82. The second kappa shape index (κ2) is 5.45. The minimum Gasteiger partial charge on any atom is -0.494 e. The van der Waals surface area contributed by atoms with Crippen LogP contribution in [0.3, 0.4) is 0 Å². The monoisotopic (exact) mass is 232 g/mol. The summed E-state index contributed by atoms with van der Waals surface area (Å²) < 4.78 is 7.27. The van der Waals surface area contributed by atoms with E-state index in [2.05, 4.69) is 10.1 Å². The van der Waals surface area contributed by atoms with Crippen LogP contribution in [0, 0.1) is 0 Å². The summed E-state index contributed by atoms with van der Waals surface area (Å²) in [6.45, 7) is 3.18. The standard InChI is InChI=1S/C12H16N4O/c1-2-17-12-6-4-3-5-10(12)11(13)7-16-9-14-8-15-16/h3-6,8-9,11H,2,7,13H2,1H3. The third-order valence-corrected chi connectivity index (χ3v) is 2.47. The van der Waals surface area contributed by atoms with Gasteiger partial charge in [0.1, 0.15) is 18.4 Å². The summed E-state index contributed by atoms with van der Waals surface area (Å²) in [5.41, 5.74) is 7.14. The van der Waals surface area contributed by atoms with Gasteiger partial charge in [-0.2, -0.15) is 5.10 Å². The van der Waals surface area contributed by atoms with Gasteiger partial charge < -0.3 is 10.5 Å². The summed E-state index contributed by atoms with van der Waals surface area (Å²) in [5.74, 6) is 0.836. The minimum atomic E-state index is -0.153. The number of hydrogen-bond acceptors (Lipinski definition) is 4. The van der Waals surface area contributed by atoms with Crippen molar-refractivity contribution in [2.75, 3.05) is 6.61 Å². The Hall–Kier alpha value is -1.88. The topological polar surface area (TPSA) is 66.0 Å². The van der Waals surface area contributed by atoms with E-state index in [1.54, 1.807) is 11.0 Å². The summed E-state index contributed by atoms with van der Waals surface area (Å²) >= 11 is 0. The molecule has 1 unspecified atom stereocenters. The minimum absolute atomic E-state index is 0.153. The fourth-order valence-corrected chi connectivity index (χ4v) is 1.70. The van der Waals surface area contributed by atoms with Crippen LogP contribution in [0.5, 0.6) is 5.75 Å². The van der Waals surface area contributed by atoms with Crippen LogP contribution in [0.25, 0.3) is 0 Å². The first-order chi connectivity index (χ1) is 8.31. The van der Waals surface area contributed by atoms with Crippen LogP contribution in [0.2, 0.25) is 0 Å². The van der Waals surface area contributed by atoms with Crippen molar-refractivity contribution >= 4 is 0 Å². The molecule has 0 aliphatic heterocycles. The largest absolute Gasteiger partial charge is 0.494 e. The van der Waals surface area contributed by atoms with Crippen LogP contribution in [0.1, 0.15) is 18.5 Å². The molecule has 1 aromatic carbocycles. The quantitative estimate of drug-likeness (QED) is 0.845. The average molecular weight is 232 g/mol. The van der Waals surface area contributed by atoms with Gasteiger partial charge in [0, 0.05) is 5.56 Å². The second-order valence-corrected chi connectivity index (χ2v) is 3.69. The molecule has 1 atom stereocenters. The molecular formula is C12H16N4O. The SMILES string of the molecule is CCOc1ccccc1C(N)Cn1cncn1. The van der Waals surface area contributed by atoms with Crippen LogP contribution >= 0.6 is 0 Å². The Balaban J connectivity index is 2.15. The Kier molecular flexibility index (Phi) is 3.72. The first-order valence-electron chi connectivity index (χ1n) is 5.61. The first-order valence-corrected chi connectivity index (χ1v) is 5.61. The molecule has 0 aliphatic rings. The Morgan fingerprint density at radius 2 is 2.24 bits per heavy atom. The highest BCUT2D eigenvalue weighted by atomic mass is 16.5. The predicted octanol–water partition coefficient (Wildman–Crippen LogP) is 1.38. The van der Waals surface area contributed by atoms with Gasteiger partial charge >= 0.3 is 0 Å². The predicted molar refractivity (Wildman–Crippen MR) is 64.6 cm³/mol. The molecule has 17 heavy (non-hydrogen) atoms. The zero-order valence-corrected chi connectivity index (χ0v) is 9.78. The van der Waals surface area contributed by atoms with E-state index >= 15 is 0 Å². The van der Waals surface area contributed by atoms with Crippen LogP contribution in [-0.4, -0.2) is 21.4 Å². The number of ether oxygens (including phenoxy) is 1. The number of aromatic nitrogens is 3. The highest BCUT2D eigenvalue weighted by molar-refractivity contribution is 5.35. The van der Waals surface area contributed by atoms with E-state index in [0.29, 0.717) is 13.2 Å². The van der Waals surface area contributed by atoms with E-state index < -0.39 is 0 Å². The molecule has 0 spiro atoms. The average Bonchev–Trinajstić information content (AvgIpc) is 2.83. The maximum atomic E-state index is 6.15. The molecule has 5 heteroatoms. The van der Waals surface area contributed by atoms with E-state index in [1.165, 1.54) is 6.33 Å². The van der Waals surface area contributed by atoms with E-state index in [-0.39, 0.29) is 6.04 Å². The lowest BCUT2D eigenvalue weighted by molar-refractivity contribution is 0.332. The Morgan fingerprint density at radius 1 is 1.41 bits per heavy atom. The summed E-state index contributed by atoms with van der Waals surface area (Å²) in [4.78, 5) is 3.89. The Labute approximate surface area is 100 Å². The molecule has 2 aromatic rings. The van der Waals surface area contributed by atoms with E-state index in [0.717, 1.165) is 11.3 Å². The van der Waals surface area contributed by atoms with Gasteiger partial charge in [-0.3, -0.25) is 4.68 Å². The molecule has 2 N–H and O–H groups in total. The lowest BCUT2D eigenvalue weighted by atomic mass is 10.1. The van der Waals surface area contributed by atoms with Gasteiger partial charge in [-0.15, -0.1) is 0 Å². The second-order valence-electron chi connectivity index (χ2n) is 3.69. The van der Waals surface area contributed by atoms with Crippen molar-refractivity contribution in [3.05, 3.63) is 42.5 Å². The van der Waals surface area contributed by atoms with Crippen molar-refractivity contribution in [3.8, 4) is 5.75 Å². The molecule has 0 aliphatic carbocycles. The summed E-state index contributed by atoms with van der Waals surface area (Å²) in [5, 5.41) is 4.04. The Bertz CT molecular complexity index is 455. The van der Waals surface area contributed by atoms with Crippen LogP contribution in [0.15, 0.2) is 36.9 Å². The van der Waals surface area contributed by atoms with Gasteiger partial charge in [-0.1, -0.05) is 18.2 Å². The number of hydrogen-bond donors (Lipinski definition) is 1. The molecule has 1 heterocycles. The summed E-state index contributed by atoms with van der Waals surface area (Å²) in [6.07, 6.45) is 3.16. The zero-order chi connectivity index (χ0) is 12.1. The first kappa shape index (κ1) is 11.6. The van der Waals surface area contributed by atoms with E-state index in [1.807, 2.05) is 31.2 Å². The van der Waals surface area contributed by atoms with Crippen LogP contribution in [-0.2, 0) is 6.54 Å². The van der Waals surface area contributed by atoms with Gasteiger partial charge in [-0.25, -0.2) is 4.98 Å². The number of benzene rings is 1. The molecule has 0 fully saturated rings. The molecule has 5 nitrogen and oxygen atoms in total. The van der Waals surface area contributed by atoms with Crippen molar-refractivity contribution in [2.45, 2.75) is 19.5 Å². The number of para-hydroxylation sites is 1. The van der Waals surface area contributed by atoms with Crippen molar-refractivity contribution in [2.24, 2.45) is 5.73 Å². The van der Waals surface area contributed by atoms with Crippen molar-refractivity contribution in [1.29, 1.82) is 0 Å². The smallest absolute Gasteiger partial charge is 0.137 e. The van der Waals surface area contributed by atoms with Gasteiger partial charge in [0.15, 0.2) is 0 Å². The lowest BCUT2D eigenvalue weighted by Crippen LogP contribution is -2.19. The van der Waals surface area contributed by atoms with Crippen molar-refractivity contribution in [3.63, 3.8) is 0 Å². The fraction of sp³-hybridized carbons (Fsp3) is 0.333. The maximum Gasteiger partial charge on any atom is 0.137 e. The van der Waals surface area contributed by atoms with E-state index in [9.17, 15) is 0 Å². The molecule has 1 aromatic heterocycles.